The van der Waals surface area contributed by atoms with Crippen molar-refractivity contribution < 1.29 is 17.9 Å². The number of ether oxygens (including phenoxy) is 2. The molecule has 0 atom stereocenters. The molecule has 0 aliphatic heterocycles. The average molecular weight is 245 g/mol. The standard InChI is InChI=1S/C10H15NO4S/c1-11(2)16(12,13)10-6-8(14-3)5-9(7-10)15-4/h5-7H,1-4H3. The first-order valence-corrected chi connectivity index (χ1v) is 6.01. The predicted octanol–water partition coefficient (Wildman–Crippen LogP) is 0.954. The number of rotatable bonds is 4. The minimum Gasteiger partial charge on any atom is -0.497 e. The Kier molecular flexibility index (Phi) is 3.77. The summed E-state index contributed by atoms with van der Waals surface area (Å²) >= 11 is 0. The average Bonchev–Trinajstić information content (AvgIpc) is 2.27. The maximum Gasteiger partial charge on any atom is 0.242 e. The molecule has 0 aromatic heterocycles. The normalized spacial score (nSPS) is 11.6. The third-order valence-corrected chi connectivity index (χ3v) is 3.90. The van der Waals surface area contributed by atoms with Crippen LogP contribution in [0.3, 0.4) is 0 Å². The number of nitrogens with zero attached hydrogens (tertiary/aromatic N) is 1. The zero-order valence-electron chi connectivity index (χ0n) is 9.72. The Hall–Kier alpha value is -1.27. The van der Waals surface area contributed by atoms with E-state index >= 15 is 0 Å². The number of benzene rings is 1. The molecule has 0 radical (unpaired) electrons. The van der Waals surface area contributed by atoms with Gasteiger partial charge in [-0.15, -0.1) is 0 Å². The summed E-state index contributed by atoms with van der Waals surface area (Å²) in [6.45, 7) is 0. The third kappa shape index (κ3) is 2.45. The highest BCUT2D eigenvalue weighted by molar-refractivity contribution is 7.89. The molecule has 0 unspecified atom stereocenters. The van der Waals surface area contributed by atoms with E-state index in [4.69, 9.17) is 9.47 Å². The summed E-state index contributed by atoms with van der Waals surface area (Å²) in [5.41, 5.74) is 0. The van der Waals surface area contributed by atoms with Gasteiger partial charge in [0.05, 0.1) is 19.1 Å². The second-order valence-corrected chi connectivity index (χ2v) is 5.49. The summed E-state index contributed by atoms with van der Waals surface area (Å²) in [5.74, 6) is 0.888. The summed E-state index contributed by atoms with van der Waals surface area (Å²) in [5, 5.41) is 0. The highest BCUT2D eigenvalue weighted by Gasteiger charge is 2.19. The highest BCUT2D eigenvalue weighted by atomic mass is 32.2. The van der Waals surface area contributed by atoms with Crippen molar-refractivity contribution >= 4 is 10.0 Å². The van der Waals surface area contributed by atoms with E-state index in [9.17, 15) is 8.42 Å². The van der Waals surface area contributed by atoms with E-state index in [1.807, 2.05) is 0 Å². The van der Waals surface area contributed by atoms with Crippen LogP contribution in [0.25, 0.3) is 0 Å². The smallest absolute Gasteiger partial charge is 0.242 e. The van der Waals surface area contributed by atoms with Crippen molar-refractivity contribution in [2.75, 3.05) is 28.3 Å². The molecule has 0 N–H and O–H groups in total. The number of hydrogen-bond acceptors (Lipinski definition) is 4. The van der Waals surface area contributed by atoms with Crippen molar-refractivity contribution in [1.29, 1.82) is 0 Å². The zero-order chi connectivity index (χ0) is 12.3. The van der Waals surface area contributed by atoms with Gasteiger partial charge in [-0.25, -0.2) is 12.7 Å². The van der Waals surface area contributed by atoms with E-state index in [1.165, 1.54) is 40.4 Å². The first-order chi connectivity index (χ1) is 7.41. The first-order valence-electron chi connectivity index (χ1n) is 4.57. The molecule has 90 valence electrons. The van der Waals surface area contributed by atoms with Gasteiger partial charge < -0.3 is 9.47 Å². The van der Waals surface area contributed by atoms with Crippen molar-refractivity contribution in [1.82, 2.24) is 4.31 Å². The van der Waals surface area contributed by atoms with Gasteiger partial charge in [-0.1, -0.05) is 0 Å². The van der Waals surface area contributed by atoms with Crippen LogP contribution in [-0.2, 0) is 10.0 Å². The molecule has 1 aromatic rings. The fourth-order valence-electron chi connectivity index (χ4n) is 1.14. The molecule has 0 spiro atoms. The minimum absolute atomic E-state index is 0.147. The molecule has 0 saturated heterocycles. The quantitative estimate of drug-likeness (QED) is 0.792. The van der Waals surface area contributed by atoms with Crippen LogP contribution in [0, 0.1) is 0 Å². The molecule has 0 amide bonds. The predicted molar refractivity (Wildman–Crippen MR) is 60.4 cm³/mol. The molecule has 6 heteroatoms. The van der Waals surface area contributed by atoms with Crippen LogP contribution >= 0.6 is 0 Å². The Morgan fingerprint density at radius 1 is 1.00 bits per heavy atom. The Labute approximate surface area is 95.6 Å². The summed E-state index contributed by atoms with van der Waals surface area (Å²) < 4.78 is 34.9. The van der Waals surface area contributed by atoms with Gasteiger partial charge in [0.15, 0.2) is 0 Å². The lowest BCUT2D eigenvalue weighted by Crippen LogP contribution is -2.22. The van der Waals surface area contributed by atoms with Crippen LogP contribution in [0.5, 0.6) is 11.5 Å². The summed E-state index contributed by atoms with van der Waals surface area (Å²) in [7, 11) is 2.42. The fraction of sp³-hybridized carbons (Fsp3) is 0.400. The van der Waals surface area contributed by atoms with Crippen LogP contribution in [0.4, 0.5) is 0 Å². The van der Waals surface area contributed by atoms with E-state index in [1.54, 1.807) is 6.07 Å². The van der Waals surface area contributed by atoms with Crippen molar-refractivity contribution in [2.45, 2.75) is 4.90 Å². The largest absolute Gasteiger partial charge is 0.497 e. The van der Waals surface area contributed by atoms with Crippen molar-refractivity contribution in [3.05, 3.63) is 18.2 Å². The lowest BCUT2D eigenvalue weighted by Gasteiger charge is -2.13. The second kappa shape index (κ2) is 4.71. The van der Waals surface area contributed by atoms with Crippen molar-refractivity contribution in [3.63, 3.8) is 0 Å². The molecule has 0 fully saturated rings. The highest BCUT2D eigenvalue weighted by Crippen LogP contribution is 2.26. The summed E-state index contributed by atoms with van der Waals surface area (Å²) in [6.07, 6.45) is 0. The van der Waals surface area contributed by atoms with E-state index < -0.39 is 10.0 Å². The molecule has 16 heavy (non-hydrogen) atoms. The SMILES string of the molecule is COc1cc(OC)cc(S(=O)(=O)N(C)C)c1. The number of hydrogen-bond donors (Lipinski definition) is 0. The van der Waals surface area contributed by atoms with Gasteiger partial charge in [-0.05, 0) is 0 Å². The molecule has 0 aliphatic carbocycles. The molecule has 0 aliphatic rings. The Morgan fingerprint density at radius 3 is 1.75 bits per heavy atom. The third-order valence-electron chi connectivity index (χ3n) is 2.10. The van der Waals surface area contributed by atoms with Crippen LogP contribution in [0.15, 0.2) is 23.1 Å². The van der Waals surface area contributed by atoms with Crippen molar-refractivity contribution in [3.8, 4) is 11.5 Å². The maximum atomic E-state index is 11.9. The van der Waals surface area contributed by atoms with Crippen LogP contribution in [0.1, 0.15) is 0 Å². The van der Waals surface area contributed by atoms with Gasteiger partial charge in [0.2, 0.25) is 10.0 Å². The van der Waals surface area contributed by atoms with Crippen LogP contribution < -0.4 is 9.47 Å². The molecule has 1 aromatic carbocycles. The van der Waals surface area contributed by atoms with Gasteiger partial charge in [0, 0.05) is 32.3 Å². The Bertz CT molecular complexity index is 445. The van der Waals surface area contributed by atoms with Crippen LogP contribution in [-0.4, -0.2) is 41.0 Å². The molecule has 0 saturated carbocycles. The zero-order valence-corrected chi connectivity index (χ0v) is 10.5. The van der Waals surface area contributed by atoms with Crippen molar-refractivity contribution in [2.24, 2.45) is 0 Å². The molecule has 0 heterocycles. The number of methoxy groups -OCH3 is 2. The molecular formula is C10H15NO4S. The summed E-state index contributed by atoms with van der Waals surface area (Å²) in [6, 6.07) is 4.53. The van der Waals surface area contributed by atoms with E-state index in [0.29, 0.717) is 11.5 Å². The molecule has 1 rings (SSSR count). The molecule has 0 bridgehead atoms. The molecule has 5 nitrogen and oxygen atoms in total. The topological polar surface area (TPSA) is 55.8 Å². The second-order valence-electron chi connectivity index (χ2n) is 3.34. The van der Waals surface area contributed by atoms with E-state index in [0.717, 1.165) is 4.31 Å². The van der Waals surface area contributed by atoms with E-state index in [-0.39, 0.29) is 4.90 Å². The van der Waals surface area contributed by atoms with Gasteiger partial charge in [-0.2, -0.15) is 0 Å². The lowest BCUT2D eigenvalue weighted by molar-refractivity contribution is 0.391. The van der Waals surface area contributed by atoms with Crippen LogP contribution in [0.2, 0.25) is 0 Å². The Morgan fingerprint density at radius 2 is 1.44 bits per heavy atom. The van der Waals surface area contributed by atoms with E-state index in [2.05, 4.69) is 0 Å². The summed E-state index contributed by atoms with van der Waals surface area (Å²) in [4.78, 5) is 0.147. The van der Waals surface area contributed by atoms with Gasteiger partial charge in [0.1, 0.15) is 11.5 Å². The Balaban J connectivity index is 3.34. The first kappa shape index (κ1) is 12.8. The minimum atomic E-state index is -3.47. The van der Waals surface area contributed by atoms with Gasteiger partial charge >= 0.3 is 0 Å². The number of sulfonamides is 1. The maximum absolute atomic E-state index is 11.9. The monoisotopic (exact) mass is 245 g/mol. The molecular weight excluding hydrogens is 230 g/mol. The van der Waals surface area contributed by atoms with Gasteiger partial charge in [-0.3, -0.25) is 0 Å². The fourth-order valence-corrected chi connectivity index (χ4v) is 2.09. The lowest BCUT2D eigenvalue weighted by atomic mass is 10.3. The van der Waals surface area contributed by atoms with Gasteiger partial charge in [0.25, 0.3) is 0 Å².